The van der Waals surface area contributed by atoms with E-state index in [2.05, 4.69) is 36.4 Å². The van der Waals surface area contributed by atoms with E-state index < -0.39 is 5.97 Å². The molecule has 1 rings (SSSR count). The molecule has 1 aliphatic rings. The van der Waals surface area contributed by atoms with Gasteiger partial charge in [-0.25, -0.2) is 4.58 Å². The van der Waals surface area contributed by atoms with E-state index >= 15 is 0 Å². The molecule has 34 heavy (non-hydrogen) atoms. The van der Waals surface area contributed by atoms with E-state index in [0.29, 0.717) is 32.6 Å². The first-order chi connectivity index (χ1) is 16.5. The maximum absolute atomic E-state index is 12.1. The number of aliphatic carboxylic acids is 1. The van der Waals surface area contributed by atoms with Crippen LogP contribution < -0.4 is 10.4 Å². The van der Waals surface area contributed by atoms with Crippen LogP contribution in [0.25, 0.3) is 0 Å². The summed E-state index contributed by atoms with van der Waals surface area (Å²) in [7, 11) is 0. The molecule has 6 heteroatoms. The Hall–Kier alpha value is -2.29. The predicted octanol–water partition coefficient (Wildman–Crippen LogP) is 3.64. The van der Waals surface area contributed by atoms with Crippen LogP contribution in [-0.4, -0.2) is 59.8 Å². The van der Waals surface area contributed by atoms with Crippen molar-refractivity contribution in [1.29, 1.82) is 0 Å². The normalized spacial score (nSPS) is 13.6. The van der Waals surface area contributed by atoms with Crippen LogP contribution in [0.4, 0.5) is 0 Å². The van der Waals surface area contributed by atoms with Gasteiger partial charge in [0.2, 0.25) is 11.6 Å². The molecule has 0 atom stereocenters. The molecule has 6 nitrogen and oxygen atoms in total. The topological polar surface area (TPSA) is 75.5 Å². The summed E-state index contributed by atoms with van der Waals surface area (Å²) in [4.78, 5) is 24.8. The van der Waals surface area contributed by atoms with Gasteiger partial charge in [-0.3, -0.25) is 4.79 Å². The molecule has 1 heterocycles. The summed E-state index contributed by atoms with van der Waals surface area (Å²) in [6.45, 7) is 6.34. The Morgan fingerprint density at radius 2 is 1.62 bits per heavy atom. The summed E-state index contributed by atoms with van der Waals surface area (Å²) in [6, 6.07) is 3.04. The molecule has 0 aliphatic carbocycles. The molecule has 0 saturated heterocycles. The second kappa shape index (κ2) is 20.1. The minimum Gasteiger partial charge on any atom is -0.544 e. The Bertz CT molecular complexity index is 703. The fourth-order valence-electron chi connectivity index (χ4n) is 4.00. The third kappa shape index (κ3) is 16.3. The van der Waals surface area contributed by atoms with E-state index in [4.69, 9.17) is 0 Å². The van der Waals surface area contributed by atoms with Crippen LogP contribution >= 0.6 is 0 Å². The van der Waals surface area contributed by atoms with Crippen LogP contribution in [0.5, 0.6) is 0 Å². The fourth-order valence-corrected chi connectivity index (χ4v) is 4.00. The van der Waals surface area contributed by atoms with Crippen molar-refractivity contribution in [2.45, 2.75) is 104 Å². The van der Waals surface area contributed by atoms with Crippen LogP contribution in [-0.2, 0) is 9.59 Å². The van der Waals surface area contributed by atoms with Crippen molar-refractivity contribution >= 4 is 17.6 Å². The Balaban J connectivity index is 1.95. The van der Waals surface area contributed by atoms with E-state index in [1.165, 1.54) is 70.6 Å². The maximum atomic E-state index is 12.1. The van der Waals surface area contributed by atoms with Crippen molar-refractivity contribution in [3.05, 3.63) is 12.2 Å². The van der Waals surface area contributed by atoms with E-state index in [1.807, 2.05) is 11.8 Å². The SMILES string of the molecule is CCCCCCCCC=CCCCCCCCC(=O)NCCN1C#CC(C)=[N+](CC(=O)[O-])CC1. The molecule has 1 N–H and O–H groups in total. The second-order valence-corrected chi connectivity index (χ2v) is 9.29. The molecule has 0 aromatic heterocycles. The average molecular weight is 474 g/mol. The summed E-state index contributed by atoms with van der Waals surface area (Å²) in [5, 5.41) is 13.8. The first-order valence-corrected chi connectivity index (χ1v) is 13.5. The molecule has 0 bridgehead atoms. The van der Waals surface area contributed by atoms with Gasteiger partial charge in [0, 0.05) is 38.4 Å². The Morgan fingerprint density at radius 3 is 2.26 bits per heavy atom. The van der Waals surface area contributed by atoms with E-state index in [-0.39, 0.29) is 12.5 Å². The van der Waals surface area contributed by atoms with Crippen molar-refractivity contribution in [1.82, 2.24) is 10.2 Å². The van der Waals surface area contributed by atoms with Gasteiger partial charge < -0.3 is 20.1 Å². The van der Waals surface area contributed by atoms with Crippen LogP contribution in [0.3, 0.4) is 0 Å². The number of nitrogens with zero attached hydrogens (tertiary/aromatic N) is 2. The third-order valence-electron chi connectivity index (χ3n) is 6.20. The van der Waals surface area contributed by atoms with Gasteiger partial charge in [0.15, 0.2) is 13.1 Å². The number of carbonyl (C=O) groups is 2. The molecular formula is C28H47N3O3. The van der Waals surface area contributed by atoms with Gasteiger partial charge in [-0.1, -0.05) is 70.4 Å². The zero-order valence-corrected chi connectivity index (χ0v) is 21.7. The quantitative estimate of drug-likeness (QED) is 0.127. The molecule has 0 radical (unpaired) electrons. The molecule has 1 amide bonds. The molecule has 0 unspecified atom stereocenters. The fraction of sp³-hybridized carbons (Fsp3) is 0.750. The number of carboxylic acid groups (broad SMARTS) is 1. The molecule has 0 fully saturated rings. The minimum absolute atomic E-state index is 0.0988. The highest BCUT2D eigenvalue weighted by Gasteiger charge is 2.15. The minimum atomic E-state index is -1.10. The first-order valence-electron chi connectivity index (χ1n) is 13.5. The molecule has 1 aliphatic heterocycles. The Morgan fingerprint density at radius 1 is 1.00 bits per heavy atom. The molecular weight excluding hydrogens is 426 g/mol. The summed E-state index contributed by atoms with van der Waals surface area (Å²) in [5.74, 6) is 1.98. The predicted molar refractivity (Wildman–Crippen MR) is 137 cm³/mol. The maximum Gasteiger partial charge on any atom is 0.226 e. The van der Waals surface area contributed by atoms with Crippen LogP contribution in [0.15, 0.2) is 12.2 Å². The smallest absolute Gasteiger partial charge is 0.226 e. The summed E-state index contributed by atoms with van der Waals surface area (Å²) >= 11 is 0. The van der Waals surface area contributed by atoms with Crippen LogP contribution in [0, 0.1) is 12.0 Å². The number of amides is 1. The lowest BCUT2D eigenvalue weighted by Gasteiger charge is -2.16. The molecule has 192 valence electrons. The lowest BCUT2D eigenvalue weighted by Crippen LogP contribution is -2.38. The average Bonchev–Trinajstić information content (AvgIpc) is 2.97. The van der Waals surface area contributed by atoms with Crippen LogP contribution in [0.2, 0.25) is 0 Å². The van der Waals surface area contributed by atoms with Gasteiger partial charge in [0.25, 0.3) is 0 Å². The number of carboxylic acids is 1. The number of rotatable bonds is 20. The van der Waals surface area contributed by atoms with Gasteiger partial charge in [-0.15, -0.1) is 0 Å². The lowest BCUT2D eigenvalue weighted by molar-refractivity contribution is -0.526. The van der Waals surface area contributed by atoms with Crippen LogP contribution in [0.1, 0.15) is 104 Å². The summed E-state index contributed by atoms with van der Waals surface area (Å²) < 4.78 is 1.72. The van der Waals surface area contributed by atoms with Gasteiger partial charge in [0.1, 0.15) is 5.97 Å². The van der Waals surface area contributed by atoms with Crippen molar-refractivity contribution < 1.29 is 19.3 Å². The third-order valence-corrected chi connectivity index (χ3v) is 6.20. The summed E-state index contributed by atoms with van der Waals surface area (Å²) in [6.07, 6.45) is 21.6. The number of nitrogens with one attached hydrogen (secondary N) is 1. The van der Waals surface area contributed by atoms with Gasteiger partial charge in [0.05, 0.1) is 6.54 Å². The van der Waals surface area contributed by atoms with Crippen molar-refractivity contribution in [3.8, 4) is 12.0 Å². The monoisotopic (exact) mass is 473 g/mol. The summed E-state index contributed by atoms with van der Waals surface area (Å²) in [5.41, 5.74) is 0.736. The zero-order valence-electron chi connectivity index (χ0n) is 21.7. The van der Waals surface area contributed by atoms with Gasteiger partial charge >= 0.3 is 0 Å². The highest BCUT2D eigenvalue weighted by molar-refractivity contribution is 5.94. The molecule has 0 spiro atoms. The number of carbonyl (C=O) groups excluding carboxylic acids is 2. The van der Waals surface area contributed by atoms with Crippen molar-refractivity contribution in [2.75, 3.05) is 32.7 Å². The molecule has 0 aromatic rings. The van der Waals surface area contributed by atoms with E-state index in [9.17, 15) is 14.7 Å². The van der Waals surface area contributed by atoms with Crippen molar-refractivity contribution in [3.63, 3.8) is 0 Å². The molecule has 0 saturated carbocycles. The molecule has 0 aromatic carbocycles. The first kappa shape index (κ1) is 29.7. The number of hydrogen-bond acceptors (Lipinski definition) is 4. The van der Waals surface area contributed by atoms with Crippen molar-refractivity contribution in [2.24, 2.45) is 0 Å². The Kier molecular flexibility index (Phi) is 17.6. The highest BCUT2D eigenvalue weighted by Crippen LogP contribution is 2.10. The number of unbranched alkanes of at least 4 members (excludes halogenated alkanes) is 11. The van der Waals surface area contributed by atoms with Gasteiger partial charge in [-0.2, -0.15) is 0 Å². The van der Waals surface area contributed by atoms with E-state index in [0.717, 1.165) is 18.6 Å². The standard InChI is InChI=1S/C28H47N3O3/c1-3-4-5-6-7-8-9-10-11-12-13-14-15-16-17-18-27(32)29-20-22-30-21-19-26(2)31(24-23-30)25-28(33)34/h10-11H,3-9,12-18,20,22-25H2,1-2H3,(H-,29,32,33,34). The van der Waals surface area contributed by atoms with E-state index in [1.54, 1.807) is 4.58 Å². The number of allylic oxidation sites excluding steroid dienone is 2. The van der Waals surface area contributed by atoms with Gasteiger partial charge in [-0.05, 0) is 32.1 Å². The largest absolute Gasteiger partial charge is 0.544 e. The highest BCUT2D eigenvalue weighted by atomic mass is 16.4. The lowest BCUT2D eigenvalue weighted by atomic mass is 10.1. The zero-order chi connectivity index (χ0) is 24.9. The Labute approximate surface area is 207 Å². The number of hydrogen-bond donors (Lipinski definition) is 1. The second-order valence-electron chi connectivity index (χ2n) is 9.29.